The van der Waals surface area contributed by atoms with Gasteiger partial charge in [0.1, 0.15) is 24.0 Å². The first-order valence-corrected chi connectivity index (χ1v) is 10.1. The highest BCUT2D eigenvalue weighted by Gasteiger charge is 2.19. The van der Waals surface area contributed by atoms with Gasteiger partial charge in [-0.3, -0.25) is 0 Å². The highest BCUT2D eigenvalue weighted by atomic mass is 16.5. The minimum atomic E-state index is 0.383. The molecule has 0 atom stereocenters. The third-order valence-electron chi connectivity index (χ3n) is 5.49. The summed E-state index contributed by atoms with van der Waals surface area (Å²) >= 11 is 0. The van der Waals surface area contributed by atoms with Crippen molar-refractivity contribution in [2.75, 3.05) is 0 Å². The van der Waals surface area contributed by atoms with Gasteiger partial charge in [-0.25, -0.2) is 9.97 Å². The van der Waals surface area contributed by atoms with E-state index >= 15 is 0 Å². The second-order valence-corrected chi connectivity index (χ2v) is 7.81. The number of nitrogens with one attached hydrogen (secondary N) is 2. The molecule has 0 spiro atoms. The van der Waals surface area contributed by atoms with E-state index in [1.54, 1.807) is 0 Å². The maximum absolute atomic E-state index is 6.12. The van der Waals surface area contributed by atoms with Crippen LogP contribution in [0.1, 0.15) is 43.9 Å². The van der Waals surface area contributed by atoms with Gasteiger partial charge in [0, 0.05) is 23.5 Å². The predicted molar refractivity (Wildman–Crippen MR) is 115 cm³/mol. The van der Waals surface area contributed by atoms with Gasteiger partial charge in [-0.2, -0.15) is 0 Å². The fourth-order valence-corrected chi connectivity index (χ4v) is 3.80. The summed E-state index contributed by atoms with van der Waals surface area (Å²) in [5.74, 6) is 3.31. The lowest BCUT2D eigenvalue weighted by molar-refractivity contribution is 0.302. The van der Waals surface area contributed by atoms with Crippen LogP contribution in [0.5, 0.6) is 5.75 Å². The minimum absolute atomic E-state index is 0.383. The molecule has 146 valence electrons. The van der Waals surface area contributed by atoms with Crippen molar-refractivity contribution in [3.8, 4) is 39.4 Å². The number of ether oxygens (including phenoxy) is 1. The van der Waals surface area contributed by atoms with E-state index in [2.05, 4.69) is 77.1 Å². The molecule has 0 saturated heterocycles. The van der Waals surface area contributed by atoms with Gasteiger partial charge in [-0.15, -0.1) is 0 Å². The molecule has 0 bridgehead atoms. The first-order valence-electron chi connectivity index (χ1n) is 10.1. The summed E-state index contributed by atoms with van der Waals surface area (Å²) in [7, 11) is 0. The molecule has 0 unspecified atom stereocenters. The molecule has 2 aromatic carbocycles. The molecule has 29 heavy (non-hydrogen) atoms. The minimum Gasteiger partial charge on any atom is -0.488 e. The number of benzene rings is 2. The average molecular weight is 384 g/mol. The number of H-pyrrole nitrogens is 2. The van der Waals surface area contributed by atoms with Gasteiger partial charge < -0.3 is 14.7 Å². The van der Waals surface area contributed by atoms with Crippen LogP contribution < -0.4 is 4.74 Å². The van der Waals surface area contributed by atoms with Crippen LogP contribution in [0.3, 0.4) is 0 Å². The van der Waals surface area contributed by atoms with E-state index in [0.29, 0.717) is 12.5 Å². The Hall–Kier alpha value is -3.34. The molecule has 0 amide bonds. The summed E-state index contributed by atoms with van der Waals surface area (Å²) < 4.78 is 6.12. The van der Waals surface area contributed by atoms with E-state index in [4.69, 9.17) is 4.74 Å². The summed E-state index contributed by atoms with van der Waals surface area (Å²) in [6.07, 6.45) is 4.70. The van der Waals surface area contributed by atoms with Crippen molar-refractivity contribution in [3.63, 3.8) is 0 Å². The maximum atomic E-state index is 6.12. The predicted octanol–water partition coefficient (Wildman–Crippen LogP) is 5.71. The van der Waals surface area contributed by atoms with Gasteiger partial charge in [0.15, 0.2) is 0 Å². The maximum Gasteiger partial charge on any atom is 0.128 e. The Morgan fingerprint density at radius 2 is 1.66 bits per heavy atom. The Morgan fingerprint density at radius 3 is 2.38 bits per heavy atom. The van der Waals surface area contributed by atoms with Crippen molar-refractivity contribution < 1.29 is 4.74 Å². The van der Waals surface area contributed by atoms with Crippen LogP contribution in [-0.2, 0) is 13.0 Å². The number of nitrogens with zero attached hydrogens (tertiary/aromatic N) is 2. The molecule has 5 nitrogen and oxygen atoms in total. The molecule has 0 fully saturated rings. The summed E-state index contributed by atoms with van der Waals surface area (Å²) in [6.45, 7) is 6.94. The van der Waals surface area contributed by atoms with Crippen molar-refractivity contribution in [3.05, 3.63) is 66.0 Å². The zero-order valence-electron chi connectivity index (χ0n) is 16.9. The van der Waals surface area contributed by atoms with Gasteiger partial charge in [0.2, 0.25) is 0 Å². The summed E-state index contributed by atoms with van der Waals surface area (Å²) in [4.78, 5) is 15.7. The summed E-state index contributed by atoms with van der Waals surface area (Å²) in [5, 5.41) is 0. The van der Waals surface area contributed by atoms with Crippen molar-refractivity contribution in [1.82, 2.24) is 19.9 Å². The molecule has 2 aromatic heterocycles. The van der Waals surface area contributed by atoms with E-state index in [1.807, 2.05) is 12.4 Å². The Bertz CT molecular complexity index is 1190. The van der Waals surface area contributed by atoms with Crippen LogP contribution in [0.4, 0.5) is 0 Å². The molecule has 0 aliphatic carbocycles. The molecule has 2 N–H and O–H groups in total. The Balaban J connectivity index is 1.49. The lowest BCUT2D eigenvalue weighted by Gasteiger charge is -2.22. The fourth-order valence-electron chi connectivity index (χ4n) is 3.80. The Kier molecular flexibility index (Phi) is 4.23. The van der Waals surface area contributed by atoms with Gasteiger partial charge in [0.25, 0.3) is 0 Å². The van der Waals surface area contributed by atoms with Crippen LogP contribution in [0.25, 0.3) is 33.6 Å². The number of rotatable bonds is 4. The van der Waals surface area contributed by atoms with E-state index < -0.39 is 0 Å². The first-order chi connectivity index (χ1) is 14.1. The van der Waals surface area contributed by atoms with E-state index in [0.717, 1.165) is 51.9 Å². The molecule has 5 rings (SSSR count). The number of fused-ring (bicyclic) bond motifs is 3. The quantitative estimate of drug-likeness (QED) is 0.473. The van der Waals surface area contributed by atoms with Crippen LogP contribution in [-0.4, -0.2) is 19.9 Å². The molecule has 1 aliphatic heterocycles. The normalized spacial score (nSPS) is 12.6. The van der Waals surface area contributed by atoms with E-state index in [-0.39, 0.29) is 0 Å². The van der Waals surface area contributed by atoms with Crippen molar-refractivity contribution in [2.24, 2.45) is 0 Å². The van der Waals surface area contributed by atoms with Crippen LogP contribution in [0.15, 0.2) is 48.8 Å². The van der Waals surface area contributed by atoms with Crippen LogP contribution in [0.2, 0.25) is 0 Å². The topological polar surface area (TPSA) is 66.6 Å². The molecule has 1 aliphatic rings. The molecular weight excluding hydrogens is 360 g/mol. The number of imidazole rings is 2. The SMILES string of the molecule is CCc1ncc(-c2ccc3c(c2)OCc2cc(-c4cnc(C(C)C)[nH]4)ccc2-3)[nH]1. The lowest BCUT2D eigenvalue weighted by atomic mass is 9.93. The molecule has 0 saturated carbocycles. The third kappa shape index (κ3) is 3.12. The number of hydrogen-bond donors (Lipinski definition) is 2. The van der Waals surface area contributed by atoms with E-state index in [1.165, 1.54) is 11.1 Å². The highest BCUT2D eigenvalue weighted by molar-refractivity contribution is 5.80. The van der Waals surface area contributed by atoms with Gasteiger partial charge >= 0.3 is 0 Å². The third-order valence-corrected chi connectivity index (χ3v) is 5.49. The number of hydrogen-bond acceptors (Lipinski definition) is 3. The second kappa shape index (κ2) is 6.92. The molecule has 4 aromatic rings. The Labute approximate surface area is 170 Å². The van der Waals surface area contributed by atoms with Gasteiger partial charge in [-0.05, 0) is 34.9 Å². The summed E-state index contributed by atoms with van der Waals surface area (Å²) in [6, 6.07) is 12.9. The number of aryl methyl sites for hydroxylation is 1. The highest BCUT2D eigenvalue weighted by Crippen LogP contribution is 2.40. The van der Waals surface area contributed by atoms with Crippen molar-refractivity contribution in [2.45, 2.75) is 39.7 Å². The van der Waals surface area contributed by atoms with Gasteiger partial charge in [-0.1, -0.05) is 39.0 Å². The zero-order chi connectivity index (χ0) is 20.0. The Morgan fingerprint density at radius 1 is 0.931 bits per heavy atom. The summed E-state index contributed by atoms with van der Waals surface area (Å²) in [5.41, 5.74) is 7.84. The van der Waals surface area contributed by atoms with Gasteiger partial charge in [0.05, 0.1) is 23.8 Å². The fraction of sp³-hybridized carbons (Fsp3) is 0.250. The average Bonchev–Trinajstić information content (AvgIpc) is 3.42. The largest absolute Gasteiger partial charge is 0.488 e. The van der Waals surface area contributed by atoms with Crippen LogP contribution >= 0.6 is 0 Å². The molecule has 0 radical (unpaired) electrons. The van der Waals surface area contributed by atoms with Crippen LogP contribution in [0, 0.1) is 0 Å². The second-order valence-electron chi connectivity index (χ2n) is 7.81. The number of aromatic nitrogens is 4. The zero-order valence-corrected chi connectivity index (χ0v) is 16.9. The smallest absolute Gasteiger partial charge is 0.128 e. The number of aromatic amines is 2. The van der Waals surface area contributed by atoms with Crippen molar-refractivity contribution in [1.29, 1.82) is 0 Å². The molecule has 5 heteroatoms. The molecule has 3 heterocycles. The monoisotopic (exact) mass is 384 g/mol. The molecular formula is C24H24N4O. The lowest BCUT2D eigenvalue weighted by Crippen LogP contribution is -2.06. The van der Waals surface area contributed by atoms with Crippen molar-refractivity contribution >= 4 is 0 Å². The van der Waals surface area contributed by atoms with E-state index in [9.17, 15) is 0 Å². The first kappa shape index (κ1) is 17.7. The standard InChI is InChI=1S/C24H24N4O/c1-4-23-25-11-20(27-23)16-6-8-19-18-7-5-15(9-17(18)13-29-22(19)10-16)21-12-26-24(28-21)14(2)3/h5-12,14H,4,13H2,1-3H3,(H,25,27)(H,26,28).